The summed E-state index contributed by atoms with van der Waals surface area (Å²) in [5.74, 6) is 0.265. The lowest BCUT2D eigenvalue weighted by Gasteiger charge is -2.18. The van der Waals surface area contributed by atoms with Gasteiger partial charge < -0.3 is 39.8 Å². The van der Waals surface area contributed by atoms with E-state index in [2.05, 4.69) is 104 Å². The highest BCUT2D eigenvalue weighted by Crippen LogP contribution is 2.33. The Labute approximate surface area is 331 Å². The lowest BCUT2D eigenvalue weighted by Crippen LogP contribution is -2.17. The number of carboxylic acid groups (broad SMARTS) is 2. The molecule has 0 bridgehead atoms. The average Bonchev–Trinajstić information content (AvgIpc) is 3.11. The molecule has 0 unspecified atom stereocenters. The summed E-state index contributed by atoms with van der Waals surface area (Å²) < 4.78 is 25.3. The maximum absolute atomic E-state index is 10.8. The summed E-state index contributed by atoms with van der Waals surface area (Å²) in [5, 5.41) is 24.2. The summed E-state index contributed by atoms with van der Waals surface area (Å²) in [4.78, 5) is 30.8. The first-order valence-electron chi connectivity index (χ1n) is 16.8. The van der Waals surface area contributed by atoms with E-state index in [1.807, 2.05) is 24.3 Å². The molecule has 2 aromatic heterocycles. The third-order valence-corrected chi connectivity index (χ3v) is 9.93. The zero-order chi connectivity index (χ0) is 37.6. The van der Waals surface area contributed by atoms with Crippen molar-refractivity contribution in [2.45, 2.75) is 65.8 Å². The number of nitrogens with one attached hydrogen (secondary N) is 2. The van der Waals surface area contributed by atoms with Gasteiger partial charge >= 0.3 is 11.9 Å². The number of ether oxygens (including phenoxy) is 4. The van der Waals surface area contributed by atoms with Crippen molar-refractivity contribution in [1.29, 1.82) is 0 Å². The molecular weight excluding hydrogens is 894 g/mol. The highest BCUT2D eigenvalue weighted by atomic mass is 127. The van der Waals surface area contributed by atoms with Gasteiger partial charge in [-0.05, 0) is 130 Å². The van der Waals surface area contributed by atoms with Crippen molar-refractivity contribution in [3.63, 3.8) is 0 Å². The Hall–Kier alpha value is -3.74. The largest absolute Gasteiger partial charge is 0.481 e. The Bertz CT molecular complexity index is 1720. The summed E-state index contributed by atoms with van der Waals surface area (Å²) in [6.45, 7) is 6.99. The molecule has 0 saturated heterocycles. The van der Waals surface area contributed by atoms with E-state index in [1.54, 1.807) is 14.2 Å². The summed E-state index contributed by atoms with van der Waals surface area (Å²) in [6, 6.07) is 16.3. The Morgan fingerprint density at radius 3 is 1.42 bits per heavy atom. The standard InChI is InChI=1S/C38H44I2N4O8/c1-23-25(21-51-37-31(39)17-27(35(43-37)49-3)19-41-15-7-13-33(45)46)9-5-11-29(23)30-12-6-10-26(24(30)2)22-52-38-32(40)18-28(36(44-38)50-4)20-42-16-8-14-34(47)48/h5-6,9-12,17-18,41-42H,7-8,13-16,19-22H2,1-4H3,(H,45,46)(H,47,48). The molecule has 4 N–H and O–H groups in total. The van der Waals surface area contributed by atoms with E-state index in [0.29, 0.717) is 75.8 Å². The van der Waals surface area contributed by atoms with Crippen molar-refractivity contribution in [2.24, 2.45) is 0 Å². The second-order valence-corrected chi connectivity index (χ2v) is 14.3. The van der Waals surface area contributed by atoms with Crippen LogP contribution in [0.25, 0.3) is 11.1 Å². The van der Waals surface area contributed by atoms with E-state index in [0.717, 1.165) is 51.6 Å². The summed E-state index contributed by atoms with van der Waals surface area (Å²) in [5.41, 5.74) is 8.18. The SMILES string of the molecule is COc1nc(OCc2cccc(-c3cccc(COc4nc(OC)c(CNCCCC(=O)O)cc4I)c3C)c2C)c(I)cc1CNCCCC(=O)O. The minimum atomic E-state index is -0.807. The number of aliphatic carboxylic acids is 2. The first-order chi connectivity index (χ1) is 25.0. The number of rotatable bonds is 21. The van der Waals surface area contributed by atoms with Gasteiger partial charge in [0.25, 0.3) is 0 Å². The molecule has 0 aliphatic rings. The third kappa shape index (κ3) is 11.6. The lowest BCUT2D eigenvalue weighted by molar-refractivity contribution is -0.138. The molecule has 0 fully saturated rings. The highest BCUT2D eigenvalue weighted by molar-refractivity contribution is 14.1. The predicted molar refractivity (Wildman–Crippen MR) is 214 cm³/mol. The number of nitrogens with zero attached hydrogens (tertiary/aromatic N) is 2. The first-order valence-corrected chi connectivity index (χ1v) is 18.9. The lowest BCUT2D eigenvalue weighted by atomic mass is 9.92. The van der Waals surface area contributed by atoms with Crippen molar-refractivity contribution >= 4 is 57.1 Å². The van der Waals surface area contributed by atoms with Crippen LogP contribution in [0, 0.1) is 21.0 Å². The van der Waals surface area contributed by atoms with E-state index in [1.165, 1.54) is 0 Å². The van der Waals surface area contributed by atoms with E-state index in [9.17, 15) is 9.59 Å². The number of hydrogen-bond acceptors (Lipinski definition) is 10. The Balaban J connectivity index is 1.43. The Morgan fingerprint density at radius 2 is 1.06 bits per heavy atom. The fourth-order valence-corrected chi connectivity index (χ4v) is 6.83. The summed E-state index contributed by atoms with van der Waals surface area (Å²) in [6.07, 6.45) is 1.33. The molecule has 0 atom stereocenters. The monoisotopic (exact) mass is 938 g/mol. The molecule has 14 heteroatoms. The second-order valence-electron chi connectivity index (χ2n) is 12.0. The van der Waals surface area contributed by atoms with Gasteiger partial charge in [-0.3, -0.25) is 9.59 Å². The van der Waals surface area contributed by atoms with Gasteiger partial charge in [0.05, 0.1) is 21.4 Å². The van der Waals surface area contributed by atoms with Gasteiger partial charge in [0, 0.05) is 37.1 Å². The summed E-state index contributed by atoms with van der Waals surface area (Å²) >= 11 is 4.42. The number of benzene rings is 2. The van der Waals surface area contributed by atoms with E-state index < -0.39 is 11.9 Å². The molecule has 278 valence electrons. The van der Waals surface area contributed by atoms with Crippen LogP contribution in [0.4, 0.5) is 0 Å². The fourth-order valence-electron chi connectivity index (χ4n) is 5.53. The van der Waals surface area contributed by atoms with Crippen molar-refractivity contribution in [2.75, 3.05) is 27.3 Å². The molecule has 0 aliphatic carbocycles. The number of hydrogen-bond donors (Lipinski definition) is 4. The Kier molecular flexibility index (Phi) is 16.2. The molecule has 2 aromatic carbocycles. The topological polar surface area (TPSA) is 161 Å². The number of methoxy groups -OCH3 is 2. The van der Waals surface area contributed by atoms with Crippen LogP contribution in [-0.4, -0.2) is 59.4 Å². The smallest absolute Gasteiger partial charge is 0.303 e. The van der Waals surface area contributed by atoms with Gasteiger partial charge in [-0.15, -0.1) is 0 Å². The number of carboxylic acids is 2. The van der Waals surface area contributed by atoms with Gasteiger partial charge in [0.2, 0.25) is 23.5 Å². The maximum atomic E-state index is 10.8. The van der Waals surface area contributed by atoms with Crippen molar-refractivity contribution in [3.05, 3.63) is 89.1 Å². The van der Waals surface area contributed by atoms with Crippen LogP contribution in [0.2, 0.25) is 0 Å². The van der Waals surface area contributed by atoms with Gasteiger partial charge in [0.1, 0.15) is 13.2 Å². The van der Waals surface area contributed by atoms with E-state index >= 15 is 0 Å². The predicted octanol–water partition coefficient (Wildman–Crippen LogP) is 7.05. The van der Waals surface area contributed by atoms with Crippen LogP contribution in [-0.2, 0) is 35.9 Å². The molecule has 0 amide bonds. The molecule has 0 saturated carbocycles. The van der Waals surface area contributed by atoms with Crippen LogP contribution < -0.4 is 29.6 Å². The average molecular weight is 939 g/mol. The zero-order valence-electron chi connectivity index (χ0n) is 29.7. The summed E-state index contributed by atoms with van der Waals surface area (Å²) in [7, 11) is 3.14. The van der Waals surface area contributed by atoms with Gasteiger partial charge in [0.15, 0.2) is 0 Å². The van der Waals surface area contributed by atoms with Crippen LogP contribution in [0.5, 0.6) is 23.5 Å². The molecular formula is C38H44I2N4O8. The second kappa shape index (κ2) is 20.5. The molecule has 0 aliphatic heterocycles. The number of carbonyl (C=O) groups is 2. The van der Waals surface area contributed by atoms with Crippen molar-refractivity contribution in [3.8, 4) is 34.6 Å². The van der Waals surface area contributed by atoms with E-state index in [-0.39, 0.29) is 12.8 Å². The van der Waals surface area contributed by atoms with Gasteiger partial charge in [-0.2, -0.15) is 9.97 Å². The highest BCUT2D eigenvalue weighted by Gasteiger charge is 2.17. The fraction of sp³-hybridized carbons (Fsp3) is 0.368. The van der Waals surface area contributed by atoms with Crippen LogP contribution >= 0.6 is 45.2 Å². The number of aromatic nitrogens is 2. The van der Waals surface area contributed by atoms with Crippen LogP contribution in [0.3, 0.4) is 0 Å². The maximum Gasteiger partial charge on any atom is 0.303 e. The van der Waals surface area contributed by atoms with Crippen LogP contribution in [0.1, 0.15) is 59.1 Å². The molecule has 0 spiro atoms. The Morgan fingerprint density at radius 1 is 0.654 bits per heavy atom. The molecule has 12 nitrogen and oxygen atoms in total. The quantitative estimate of drug-likeness (QED) is 0.0499. The molecule has 4 aromatic rings. The zero-order valence-corrected chi connectivity index (χ0v) is 34.0. The third-order valence-electron chi connectivity index (χ3n) is 8.38. The van der Waals surface area contributed by atoms with Gasteiger partial charge in [-0.1, -0.05) is 36.4 Å². The molecule has 2 heterocycles. The molecule has 4 rings (SSSR count). The van der Waals surface area contributed by atoms with Crippen molar-refractivity contribution < 1.29 is 38.7 Å². The number of halogens is 2. The molecule has 52 heavy (non-hydrogen) atoms. The minimum Gasteiger partial charge on any atom is -0.481 e. The molecule has 0 radical (unpaired) electrons. The minimum absolute atomic E-state index is 0.121. The first kappa shape index (κ1) is 41.0. The number of pyridine rings is 2. The van der Waals surface area contributed by atoms with Crippen LogP contribution in [0.15, 0.2) is 48.5 Å². The van der Waals surface area contributed by atoms with Crippen molar-refractivity contribution in [1.82, 2.24) is 20.6 Å². The van der Waals surface area contributed by atoms with Gasteiger partial charge in [-0.25, -0.2) is 0 Å². The normalized spacial score (nSPS) is 11.0. The van der Waals surface area contributed by atoms with E-state index in [4.69, 9.17) is 29.2 Å².